The van der Waals surface area contributed by atoms with Crippen molar-refractivity contribution in [1.82, 2.24) is 0 Å². The van der Waals surface area contributed by atoms with Gasteiger partial charge >= 0.3 is 0 Å². The number of carbonyl (C=O) groups excluding carboxylic acids is 1. The van der Waals surface area contributed by atoms with Gasteiger partial charge in [0.25, 0.3) is 5.91 Å². The fourth-order valence-corrected chi connectivity index (χ4v) is 2.14. The maximum atomic E-state index is 11.4. The van der Waals surface area contributed by atoms with Crippen LogP contribution in [-0.2, 0) is 0 Å². The Balaban J connectivity index is 2.59. The summed E-state index contributed by atoms with van der Waals surface area (Å²) in [5, 5.41) is 29.7. The number of benzene rings is 2. The topological polar surface area (TPSA) is 117 Å². The lowest BCUT2D eigenvalue weighted by molar-refractivity contribution is 0.0998. The third-order valence-corrected chi connectivity index (χ3v) is 2.93. The molecule has 1 amide bonds. The van der Waals surface area contributed by atoms with Crippen molar-refractivity contribution < 1.29 is 24.5 Å². The number of phenols is 3. The Morgan fingerprint density at radius 2 is 1.84 bits per heavy atom. The summed E-state index contributed by atoms with van der Waals surface area (Å²) < 4.78 is 5.41. The molecule has 1 heterocycles. The fraction of sp³-hybridized carbons (Fsp3) is 0. The standard InChI is InChI=1S/C13H9NO5/c14-13(18)11-8(17)4-7(16)10-6-2-1-5(15)3-9(6)19-12(10)11/h1-4,15-17H,(H2,14,18). The number of nitrogens with two attached hydrogens (primary N) is 1. The van der Waals surface area contributed by atoms with Gasteiger partial charge in [-0.15, -0.1) is 0 Å². The third kappa shape index (κ3) is 1.46. The van der Waals surface area contributed by atoms with Crippen LogP contribution in [0.2, 0.25) is 0 Å². The summed E-state index contributed by atoms with van der Waals surface area (Å²) in [5.41, 5.74) is 5.26. The van der Waals surface area contributed by atoms with Crippen LogP contribution in [0.3, 0.4) is 0 Å². The molecule has 2 aromatic carbocycles. The lowest BCUT2D eigenvalue weighted by atomic mass is 10.1. The van der Waals surface area contributed by atoms with E-state index in [0.717, 1.165) is 6.07 Å². The van der Waals surface area contributed by atoms with Gasteiger partial charge in [-0.1, -0.05) is 0 Å². The summed E-state index contributed by atoms with van der Waals surface area (Å²) in [6, 6.07) is 5.34. The fourth-order valence-electron chi connectivity index (χ4n) is 2.14. The number of hydrogen-bond donors (Lipinski definition) is 4. The molecule has 0 radical (unpaired) electrons. The Bertz CT molecular complexity index is 834. The minimum Gasteiger partial charge on any atom is -0.508 e. The van der Waals surface area contributed by atoms with E-state index >= 15 is 0 Å². The molecule has 6 nitrogen and oxygen atoms in total. The third-order valence-electron chi connectivity index (χ3n) is 2.93. The number of fused-ring (bicyclic) bond motifs is 3. The normalized spacial score (nSPS) is 11.2. The molecule has 0 saturated heterocycles. The highest BCUT2D eigenvalue weighted by Gasteiger charge is 2.21. The first kappa shape index (κ1) is 11.2. The van der Waals surface area contributed by atoms with Crippen molar-refractivity contribution in [1.29, 1.82) is 0 Å². The number of furan rings is 1. The average Bonchev–Trinajstić information content (AvgIpc) is 2.65. The van der Waals surface area contributed by atoms with Crippen LogP contribution in [-0.4, -0.2) is 21.2 Å². The molecular weight excluding hydrogens is 250 g/mol. The molecule has 0 aliphatic heterocycles. The van der Waals surface area contributed by atoms with Crippen molar-refractivity contribution in [2.24, 2.45) is 5.73 Å². The van der Waals surface area contributed by atoms with Crippen LogP contribution >= 0.6 is 0 Å². The van der Waals surface area contributed by atoms with Crippen LogP contribution < -0.4 is 5.73 Å². The predicted octanol–water partition coefficient (Wildman–Crippen LogP) is 1.80. The van der Waals surface area contributed by atoms with Gasteiger partial charge in [0.15, 0.2) is 5.58 Å². The Morgan fingerprint density at radius 3 is 2.53 bits per heavy atom. The minimum absolute atomic E-state index is 0.00870. The summed E-state index contributed by atoms with van der Waals surface area (Å²) in [4.78, 5) is 11.4. The highest BCUT2D eigenvalue weighted by Crippen LogP contribution is 2.41. The zero-order valence-electron chi connectivity index (χ0n) is 9.54. The van der Waals surface area contributed by atoms with Gasteiger partial charge in [0.05, 0.1) is 5.39 Å². The second kappa shape index (κ2) is 3.55. The van der Waals surface area contributed by atoms with Gasteiger partial charge < -0.3 is 25.5 Å². The van der Waals surface area contributed by atoms with E-state index in [2.05, 4.69) is 0 Å². The van der Waals surface area contributed by atoms with Gasteiger partial charge in [-0.25, -0.2) is 0 Å². The number of amides is 1. The Labute approximate surface area is 106 Å². The highest BCUT2D eigenvalue weighted by atomic mass is 16.3. The van der Waals surface area contributed by atoms with Gasteiger partial charge in [-0.05, 0) is 12.1 Å². The van der Waals surface area contributed by atoms with Crippen LogP contribution in [0.5, 0.6) is 17.2 Å². The second-order valence-electron chi connectivity index (χ2n) is 4.14. The van der Waals surface area contributed by atoms with Gasteiger partial charge in [-0.3, -0.25) is 4.79 Å². The van der Waals surface area contributed by atoms with E-state index in [-0.39, 0.29) is 33.6 Å². The quantitative estimate of drug-likeness (QED) is 0.531. The molecule has 0 fully saturated rings. The Hall–Kier alpha value is -2.89. The van der Waals surface area contributed by atoms with Crippen molar-refractivity contribution in [3.8, 4) is 17.2 Å². The van der Waals surface area contributed by atoms with E-state index in [1.54, 1.807) is 0 Å². The van der Waals surface area contributed by atoms with Crippen LogP contribution in [0.25, 0.3) is 21.9 Å². The van der Waals surface area contributed by atoms with Crippen LogP contribution in [0, 0.1) is 0 Å². The van der Waals surface area contributed by atoms with E-state index in [1.165, 1.54) is 18.2 Å². The first-order valence-corrected chi connectivity index (χ1v) is 5.39. The summed E-state index contributed by atoms with van der Waals surface area (Å²) >= 11 is 0. The van der Waals surface area contributed by atoms with E-state index in [1.807, 2.05) is 0 Å². The molecule has 0 saturated carbocycles. The molecule has 0 unspecified atom stereocenters. The maximum Gasteiger partial charge on any atom is 0.256 e. The zero-order chi connectivity index (χ0) is 13.7. The summed E-state index contributed by atoms with van der Waals surface area (Å²) in [5.74, 6) is -1.58. The molecule has 3 aromatic rings. The SMILES string of the molecule is NC(=O)c1c(O)cc(O)c2c1oc1cc(O)ccc12. The molecule has 0 spiro atoms. The lowest BCUT2D eigenvalue weighted by Gasteiger charge is -2.02. The first-order valence-electron chi connectivity index (χ1n) is 5.39. The molecule has 96 valence electrons. The molecule has 0 aliphatic carbocycles. The van der Waals surface area contributed by atoms with E-state index < -0.39 is 11.7 Å². The number of primary amides is 1. The number of carbonyl (C=O) groups is 1. The maximum absolute atomic E-state index is 11.4. The summed E-state index contributed by atoms with van der Waals surface area (Å²) in [6.07, 6.45) is 0. The molecule has 19 heavy (non-hydrogen) atoms. The molecule has 0 aliphatic rings. The van der Waals surface area contributed by atoms with Gasteiger partial charge in [0.2, 0.25) is 0 Å². The van der Waals surface area contributed by atoms with Gasteiger partial charge in [-0.2, -0.15) is 0 Å². The van der Waals surface area contributed by atoms with Gasteiger partial charge in [0, 0.05) is 17.5 Å². The zero-order valence-corrected chi connectivity index (χ0v) is 9.54. The molecular formula is C13H9NO5. The van der Waals surface area contributed by atoms with E-state index in [4.69, 9.17) is 10.2 Å². The Morgan fingerprint density at radius 1 is 1.11 bits per heavy atom. The van der Waals surface area contributed by atoms with Crippen molar-refractivity contribution in [3.05, 3.63) is 29.8 Å². The number of hydrogen-bond acceptors (Lipinski definition) is 5. The molecule has 5 N–H and O–H groups in total. The number of phenolic OH excluding ortho intramolecular Hbond substituents is 2. The predicted molar refractivity (Wildman–Crippen MR) is 67.2 cm³/mol. The van der Waals surface area contributed by atoms with Crippen LogP contribution in [0.15, 0.2) is 28.7 Å². The Kier molecular flexibility index (Phi) is 2.10. The average molecular weight is 259 g/mol. The second-order valence-corrected chi connectivity index (χ2v) is 4.14. The van der Waals surface area contributed by atoms with Crippen molar-refractivity contribution in [2.45, 2.75) is 0 Å². The minimum atomic E-state index is -0.870. The monoisotopic (exact) mass is 259 g/mol. The van der Waals surface area contributed by atoms with E-state index in [0.29, 0.717) is 5.39 Å². The first-order chi connectivity index (χ1) is 8.99. The largest absolute Gasteiger partial charge is 0.508 e. The summed E-state index contributed by atoms with van der Waals surface area (Å²) in [7, 11) is 0. The smallest absolute Gasteiger partial charge is 0.256 e. The van der Waals surface area contributed by atoms with Crippen LogP contribution in [0.1, 0.15) is 10.4 Å². The number of rotatable bonds is 1. The number of aromatic hydroxyl groups is 3. The molecule has 0 atom stereocenters. The van der Waals surface area contributed by atoms with Crippen LogP contribution in [0.4, 0.5) is 0 Å². The van der Waals surface area contributed by atoms with Crippen molar-refractivity contribution >= 4 is 27.8 Å². The molecule has 1 aromatic heterocycles. The van der Waals surface area contributed by atoms with Gasteiger partial charge in [0.1, 0.15) is 28.4 Å². The molecule has 6 heteroatoms. The van der Waals surface area contributed by atoms with Crippen molar-refractivity contribution in [2.75, 3.05) is 0 Å². The lowest BCUT2D eigenvalue weighted by Crippen LogP contribution is -2.11. The summed E-state index contributed by atoms with van der Waals surface area (Å²) in [6.45, 7) is 0. The van der Waals surface area contributed by atoms with Crippen molar-refractivity contribution in [3.63, 3.8) is 0 Å². The van der Waals surface area contributed by atoms with E-state index in [9.17, 15) is 20.1 Å². The molecule has 0 bridgehead atoms. The highest BCUT2D eigenvalue weighted by molar-refractivity contribution is 6.16. The molecule has 3 rings (SSSR count).